The largest absolute Gasteiger partial charge is 0.319 e. The molecule has 0 bridgehead atoms. The van der Waals surface area contributed by atoms with Crippen LogP contribution >= 0.6 is 11.8 Å². The molecule has 3 aromatic carbocycles. The third kappa shape index (κ3) is 4.97. The number of thioether (sulfide) groups is 1. The van der Waals surface area contributed by atoms with Gasteiger partial charge in [0, 0.05) is 11.0 Å². The number of nitrogens with zero attached hydrogens (tertiary/aromatic N) is 1. The molecule has 0 saturated heterocycles. The molecule has 1 atom stereocenters. The lowest BCUT2D eigenvalue weighted by Crippen LogP contribution is -2.19. The van der Waals surface area contributed by atoms with Gasteiger partial charge in [-0.3, -0.25) is 14.9 Å². The predicted octanol–water partition coefficient (Wildman–Crippen LogP) is 5.65. The molecule has 29 heavy (non-hydrogen) atoms. The second-order valence-electron chi connectivity index (χ2n) is 6.25. The number of nitro benzene ring substituents is 1. The fraction of sp³-hybridized carbons (Fsp3) is 0.0952. The summed E-state index contributed by atoms with van der Waals surface area (Å²) >= 11 is 1.02. The lowest BCUT2D eigenvalue weighted by atomic mass is 10.1. The number of carbonyl (C=O) groups excluding carboxylic acids is 1. The van der Waals surface area contributed by atoms with Crippen molar-refractivity contribution >= 4 is 29.0 Å². The third-order valence-corrected chi connectivity index (χ3v) is 5.34. The SMILES string of the molecule is Cc1ccc(NC(=O)C(Sc2ccc(F)c(F)c2)c2ccccc2)c([N+](=O)[O-])c1. The van der Waals surface area contributed by atoms with Gasteiger partial charge < -0.3 is 5.32 Å². The summed E-state index contributed by atoms with van der Waals surface area (Å²) in [5.41, 5.74) is 1.15. The highest BCUT2D eigenvalue weighted by molar-refractivity contribution is 8.00. The second-order valence-corrected chi connectivity index (χ2v) is 7.43. The Bertz CT molecular complexity index is 1060. The summed E-state index contributed by atoms with van der Waals surface area (Å²) in [5.74, 6) is -2.51. The number of anilines is 1. The molecule has 8 heteroatoms. The summed E-state index contributed by atoms with van der Waals surface area (Å²) < 4.78 is 26.8. The van der Waals surface area contributed by atoms with E-state index in [1.165, 1.54) is 18.2 Å². The number of rotatable bonds is 6. The average molecular weight is 414 g/mol. The van der Waals surface area contributed by atoms with E-state index in [0.717, 1.165) is 23.9 Å². The minimum absolute atomic E-state index is 0.0671. The van der Waals surface area contributed by atoms with E-state index in [1.54, 1.807) is 43.3 Å². The average Bonchev–Trinajstić information content (AvgIpc) is 2.70. The molecule has 1 unspecified atom stereocenters. The highest BCUT2D eigenvalue weighted by Crippen LogP contribution is 2.37. The van der Waals surface area contributed by atoms with Gasteiger partial charge >= 0.3 is 0 Å². The van der Waals surface area contributed by atoms with Gasteiger partial charge in [-0.2, -0.15) is 0 Å². The van der Waals surface area contributed by atoms with Gasteiger partial charge in [-0.1, -0.05) is 36.4 Å². The van der Waals surface area contributed by atoms with Crippen molar-refractivity contribution in [2.45, 2.75) is 17.1 Å². The first kappa shape index (κ1) is 20.5. The van der Waals surface area contributed by atoms with Crippen LogP contribution in [0.4, 0.5) is 20.2 Å². The Morgan fingerprint density at radius 1 is 1.03 bits per heavy atom. The van der Waals surface area contributed by atoms with Gasteiger partial charge in [0.25, 0.3) is 5.69 Å². The van der Waals surface area contributed by atoms with Gasteiger partial charge in [-0.25, -0.2) is 8.78 Å². The van der Waals surface area contributed by atoms with Crippen molar-refractivity contribution < 1.29 is 18.5 Å². The second kappa shape index (κ2) is 8.83. The Labute approximate surface area is 169 Å². The zero-order chi connectivity index (χ0) is 21.0. The molecular weight excluding hydrogens is 398 g/mol. The van der Waals surface area contributed by atoms with Crippen LogP contribution in [-0.2, 0) is 4.79 Å². The zero-order valence-electron chi connectivity index (χ0n) is 15.3. The smallest absolute Gasteiger partial charge is 0.293 e. The number of aryl methyl sites for hydroxylation is 1. The van der Waals surface area contributed by atoms with E-state index in [0.29, 0.717) is 16.0 Å². The summed E-state index contributed by atoms with van der Waals surface area (Å²) in [6, 6.07) is 16.6. The van der Waals surface area contributed by atoms with Crippen LogP contribution in [0.2, 0.25) is 0 Å². The molecule has 0 heterocycles. The summed E-state index contributed by atoms with van der Waals surface area (Å²) in [5, 5.41) is 13.1. The quantitative estimate of drug-likeness (QED) is 0.321. The van der Waals surface area contributed by atoms with Crippen molar-refractivity contribution in [3.63, 3.8) is 0 Å². The molecule has 0 aliphatic carbocycles. The number of hydrogen-bond donors (Lipinski definition) is 1. The molecule has 0 radical (unpaired) electrons. The number of halogens is 2. The fourth-order valence-corrected chi connectivity index (χ4v) is 3.73. The van der Waals surface area contributed by atoms with Gasteiger partial charge in [0.2, 0.25) is 5.91 Å². The Morgan fingerprint density at radius 2 is 1.76 bits per heavy atom. The molecule has 0 spiro atoms. The number of amides is 1. The van der Waals surface area contributed by atoms with Gasteiger partial charge in [-0.05, 0) is 42.3 Å². The van der Waals surface area contributed by atoms with E-state index in [1.807, 2.05) is 0 Å². The molecular formula is C21H16F2N2O3S. The summed E-state index contributed by atoms with van der Waals surface area (Å²) in [6.45, 7) is 1.71. The zero-order valence-corrected chi connectivity index (χ0v) is 16.1. The maximum absolute atomic E-state index is 13.6. The van der Waals surface area contributed by atoms with Crippen molar-refractivity contribution in [2.24, 2.45) is 0 Å². The lowest BCUT2D eigenvalue weighted by molar-refractivity contribution is -0.384. The Balaban J connectivity index is 1.93. The monoisotopic (exact) mass is 414 g/mol. The van der Waals surface area contributed by atoms with Crippen LogP contribution in [0.5, 0.6) is 0 Å². The van der Waals surface area contributed by atoms with E-state index in [2.05, 4.69) is 5.32 Å². The van der Waals surface area contributed by atoms with Crippen LogP contribution in [0.15, 0.2) is 71.6 Å². The van der Waals surface area contributed by atoms with E-state index >= 15 is 0 Å². The summed E-state index contributed by atoms with van der Waals surface area (Å²) in [4.78, 5) is 24.1. The van der Waals surface area contributed by atoms with Crippen molar-refractivity contribution in [1.29, 1.82) is 0 Å². The minimum Gasteiger partial charge on any atom is -0.319 e. The number of hydrogen-bond acceptors (Lipinski definition) is 4. The molecule has 3 aromatic rings. The predicted molar refractivity (Wildman–Crippen MR) is 108 cm³/mol. The van der Waals surface area contributed by atoms with E-state index in [4.69, 9.17) is 0 Å². The van der Waals surface area contributed by atoms with Crippen LogP contribution in [0.1, 0.15) is 16.4 Å². The molecule has 0 aromatic heterocycles. The summed E-state index contributed by atoms with van der Waals surface area (Å²) in [6.07, 6.45) is 0. The van der Waals surface area contributed by atoms with Crippen LogP contribution in [0.3, 0.4) is 0 Å². The third-order valence-electron chi connectivity index (χ3n) is 4.09. The van der Waals surface area contributed by atoms with E-state index in [9.17, 15) is 23.7 Å². The number of nitro groups is 1. The molecule has 1 N–H and O–H groups in total. The molecule has 1 amide bonds. The Hall–Kier alpha value is -3.26. The molecule has 148 valence electrons. The van der Waals surface area contributed by atoms with E-state index in [-0.39, 0.29) is 11.4 Å². The Kier molecular flexibility index (Phi) is 6.23. The van der Waals surface area contributed by atoms with Crippen LogP contribution in [0, 0.1) is 28.7 Å². The van der Waals surface area contributed by atoms with Crippen molar-refractivity contribution in [3.8, 4) is 0 Å². The highest BCUT2D eigenvalue weighted by Gasteiger charge is 2.25. The fourth-order valence-electron chi connectivity index (χ4n) is 2.68. The molecule has 5 nitrogen and oxygen atoms in total. The topological polar surface area (TPSA) is 72.2 Å². The molecule has 3 rings (SSSR count). The molecule has 0 aliphatic rings. The minimum atomic E-state index is -1.02. The first-order valence-electron chi connectivity index (χ1n) is 8.57. The summed E-state index contributed by atoms with van der Waals surface area (Å²) in [7, 11) is 0. The molecule has 0 fully saturated rings. The first-order valence-corrected chi connectivity index (χ1v) is 9.45. The first-order chi connectivity index (χ1) is 13.8. The van der Waals surface area contributed by atoms with Gasteiger partial charge in [0.05, 0.1) is 4.92 Å². The van der Waals surface area contributed by atoms with Gasteiger partial charge in [0.1, 0.15) is 10.9 Å². The number of benzene rings is 3. The van der Waals surface area contributed by atoms with Crippen molar-refractivity contribution in [1.82, 2.24) is 0 Å². The number of nitrogens with one attached hydrogen (secondary N) is 1. The number of carbonyl (C=O) groups is 1. The van der Waals surface area contributed by atoms with Crippen LogP contribution < -0.4 is 5.32 Å². The van der Waals surface area contributed by atoms with Crippen LogP contribution in [0.25, 0.3) is 0 Å². The normalized spacial score (nSPS) is 11.7. The van der Waals surface area contributed by atoms with Gasteiger partial charge in [-0.15, -0.1) is 11.8 Å². The van der Waals surface area contributed by atoms with Gasteiger partial charge in [0.15, 0.2) is 11.6 Å². The molecule has 0 saturated carbocycles. The maximum atomic E-state index is 13.6. The maximum Gasteiger partial charge on any atom is 0.293 e. The lowest BCUT2D eigenvalue weighted by Gasteiger charge is -2.17. The van der Waals surface area contributed by atoms with Crippen molar-refractivity contribution in [3.05, 3.63) is 99.6 Å². The van der Waals surface area contributed by atoms with Crippen molar-refractivity contribution in [2.75, 3.05) is 5.32 Å². The highest BCUT2D eigenvalue weighted by atomic mass is 32.2. The van der Waals surface area contributed by atoms with E-state index < -0.39 is 27.7 Å². The Morgan fingerprint density at radius 3 is 2.41 bits per heavy atom. The standard InChI is InChI=1S/C21H16F2N2O3S/c1-13-7-10-18(19(11-13)25(27)28)24-21(26)20(14-5-3-2-4-6-14)29-15-8-9-16(22)17(23)12-15/h2-12,20H,1H3,(H,24,26). The molecule has 0 aliphatic heterocycles. The van der Waals surface area contributed by atoms with Crippen LogP contribution in [-0.4, -0.2) is 10.8 Å².